The number of ketones is 1. The fourth-order valence-electron chi connectivity index (χ4n) is 2.97. The SMILES string of the molecule is CC(=O)Cn1nc(-c2ccc(OCCCN(C)C)cc2)c2cccnc21.O=C(O)C=CC(=O)O. The number of benzene rings is 1. The Hall–Kier alpha value is -4.05. The van der Waals surface area contributed by atoms with Crippen LogP contribution in [0.5, 0.6) is 5.75 Å². The summed E-state index contributed by atoms with van der Waals surface area (Å²) < 4.78 is 7.45. The number of hydrogen-bond acceptors (Lipinski definition) is 7. The molecule has 0 aliphatic heterocycles. The number of hydrogen-bond donors (Lipinski definition) is 2. The summed E-state index contributed by atoms with van der Waals surface area (Å²) in [5.41, 5.74) is 2.53. The van der Waals surface area contributed by atoms with Crippen molar-refractivity contribution in [2.24, 2.45) is 0 Å². The molecule has 0 radical (unpaired) electrons. The van der Waals surface area contributed by atoms with Crippen LogP contribution in [0.4, 0.5) is 0 Å². The third-order valence-electron chi connectivity index (χ3n) is 4.39. The van der Waals surface area contributed by atoms with Gasteiger partial charge in [-0.05, 0) is 63.8 Å². The van der Waals surface area contributed by atoms with Crippen molar-refractivity contribution in [2.75, 3.05) is 27.2 Å². The fourth-order valence-corrected chi connectivity index (χ4v) is 2.97. The molecular formula is C24H28N4O6. The molecular weight excluding hydrogens is 440 g/mol. The van der Waals surface area contributed by atoms with Gasteiger partial charge in [-0.2, -0.15) is 5.10 Å². The van der Waals surface area contributed by atoms with Gasteiger partial charge in [-0.15, -0.1) is 0 Å². The average Bonchev–Trinajstić information content (AvgIpc) is 3.14. The van der Waals surface area contributed by atoms with E-state index in [1.807, 2.05) is 36.4 Å². The van der Waals surface area contributed by atoms with E-state index in [4.69, 9.17) is 14.9 Å². The van der Waals surface area contributed by atoms with Crippen molar-refractivity contribution in [3.05, 3.63) is 54.7 Å². The van der Waals surface area contributed by atoms with E-state index in [0.717, 1.165) is 41.0 Å². The average molecular weight is 469 g/mol. The normalized spacial score (nSPS) is 10.8. The molecule has 0 atom stereocenters. The number of aliphatic carboxylic acids is 2. The molecule has 0 saturated heterocycles. The van der Waals surface area contributed by atoms with Gasteiger partial charge >= 0.3 is 11.9 Å². The second kappa shape index (κ2) is 12.9. The summed E-state index contributed by atoms with van der Waals surface area (Å²) in [6.45, 7) is 3.47. The Kier molecular flexibility index (Phi) is 9.90. The number of carboxylic acid groups (broad SMARTS) is 2. The molecule has 3 aromatic rings. The van der Waals surface area contributed by atoms with Gasteiger partial charge in [0.05, 0.1) is 6.61 Å². The number of pyridine rings is 1. The van der Waals surface area contributed by atoms with E-state index in [2.05, 4.69) is 29.1 Å². The number of rotatable bonds is 10. The summed E-state index contributed by atoms with van der Waals surface area (Å²) in [5, 5.41) is 21.2. The number of ether oxygens (including phenoxy) is 1. The van der Waals surface area contributed by atoms with Crippen LogP contribution in [-0.4, -0.2) is 74.8 Å². The molecule has 2 heterocycles. The number of carbonyl (C=O) groups is 3. The summed E-state index contributed by atoms with van der Waals surface area (Å²) in [6.07, 6.45) is 3.82. The third kappa shape index (κ3) is 8.47. The Labute approximate surface area is 197 Å². The van der Waals surface area contributed by atoms with Crippen LogP contribution in [0.1, 0.15) is 13.3 Å². The van der Waals surface area contributed by atoms with Crippen LogP contribution < -0.4 is 4.74 Å². The summed E-state index contributed by atoms with van der Waals surface area (Å²) in [5.74, 6) is -1.62. The maximum atomic E-state index is 11.5. The van der Waals surface area contributed by atoms with Gasteiger partial charge < -0.3 is 19.8 Å². The van der Waals surface area contributed by atoms with Crippen molar-refractivity contribution in [1.82, 2.24) is 19.7 Å². The number of fused-ring (bicyclic) bond motifs is 1. The highest BCUT2D eigenvalue weighted by molar-refractivity contribution is 5.92. The molecule has 180 valence electrons. The molecule has 10 heteroatoms. The summed E-state index contributed by atoms with van der Waals surface area (Å²) >= 11 is 0. The lowest BCUT2D eigenvalue weighted by Crippen LogP contribution is -2.15. The first-order valence-corrected chi connectivity index (χ1v) is 10.5. The Bertz CT molecular complexity index is 1140. The van der Waals surface area contributed by atoms with Crippen molar-refractivity contribution in [1.29, 1.82) is 0 Å². The van der Waals surface area contributed by atoms with E-state index >= 15 is 0 Å². The minimum absolute atomic E-state index is 0.0491. The van der Waals surface area contributed by atoms with E-state index < -0.39 is 11.9 Å². The van der Waals surface area contributed by atoms with Crippen LogP contribution in [0.3, 0.4) is 0 Å². The monoisotopic (exact) mass is 468 g/mol. The van der Waals surface area contributed by atoms with Gasteiger partial charge in [0.1, 0.15) is 18.0 Å². The molecule has 0 spiro atoms. The van der Waals surface area contributed by atoms with Gasteiger partial charge in [0.2, 0.25) is 0 Å². The van der Waals surface area contributed by atoms with Crippen molar-refractivity contribution in [3.63, 3.8) is 0 Å². The van der Waals surface area contributed by atoms with Crippen molar-refractivity contribution in [3.8, 4) is 17.0 Å². The second-order valence-electron chi connectivity index (χ2n) is 7.62. The zero-order valence-corrected chi connectivity index (χ0v) is 19.3. The minimum Gasteiger partial charge on any atom is -0.494 e. The fraction of sp³-hybridized carbons (Fsp3) is 0.292. The Morgan fingerprint density at radius 2 is 1.71 bits per heavy atom. The van der Waals surface area contributed by atoms with Crippen LogP contribution in [0.15, 0.2) is 54.7 Å². The highest BCUT2D eigenvalue weighted by Gasteiger charge is 2.14. The highest BCUT2D eigenvalue weighted by atomic mass is 16.5. The van der Waals surface area contributed by atoms with Gasteiger partial charge in [-0.25, -0.2) is 19.3 Å². The molecule has 0 aliphatic rings. The molecule has 0 unspecified atom stereocenters. The Morgan fingerprint density at radius 1 is 1.06 bits per heavy atom. The smallest absolute Gasteiger partial charge is 0.328 e. The molecule has 0 fully saturated rings. The van der Waals surface area contributed by atoms with Crippen molar-refractivity contribution < 1.29 is 29.3 Å². The van der Waals surface area contributed by atoms with E-state index in [9.17, 15) is 14.4 Å². The summed E-state index contributed by atoms with van der Waals surface area (Å²) in [7, 11) is 4.11. The van der Waals surface area contributed by atoms with E-state index in [-0.39, 0.29) is 12.3 Å². The zero-order valence-electron chi connectivity index (χ0n) is 19.3. The van der Waals surface area contributed by atoms with Gasteiger partial charge in [0, 0.05) is 35.8 Å². The van der Waals surface area contributed by atoms with Crippen LogP contribution in [0.2, 0.25) is 0 Å². The standard InChI is InChI=1S/C20H24N4O2.C4H4O4/c1-15(25)14-24-20-18(6-4-11-21-20)19(22-24)16-7-9-17(10-8-16)26-13-5-12-23(2)3;5-3(6)1-2-4(7)8/h4,6-11H,5,12-14H2,1-3H3;1-2H,(H,5,6)(H,7,8). The van der Waals surface area contributed by atoms with Crippen LogP contribution >= 0.6 is 0 Å². The minimum atomic E-state index is -1.26. The lowest BCUT2D eigenvalue weighted by molar-refractivity contribution is -0.134. The van der Waals surface area contributed by atoms with Crippen LogP contribution in [0.25, 0.3) is 22.3 Å². The Morgan fingerprint density at radius 3 is 2.26 bits per heavy atom. The molecule has 0 bridgehead atoms. The van der Waals surface area contributed by atoms with E-state index in [1.165, 1.54) is 0 Å². The van der Waals surface area contributed by atoms with Gasteiger partial charge in [-0.3, -0.25) is 4.79 Å². The van der Waals surface area contributed by atoms with E-state index in [1.54, 1.807) is 17.8 Å². The van der Waals surface area contributed by atoms with Crippen molar-refractivity contribution >= 4 is 28.8 Å². The maximum absolute atomic E-state index is 11.5. The number of carboxylic acids is 2. The molecule has 2 N–H and O–H groups in total. The molecule has 0 amide bonds. The lowest BCUT2D eigenvalue weighted by atomic mass is 10.1. The molecule has 1 aromatic carbocycles. The Balaban J connectivity index is 0.000000440. The molecule has 2 aromatic heterocycles. The van der Waals surface area contributed by atoms with Crippen LogP contribution in [-0.2, 0) is 20.9 Å². The second-order valence-corrected chi connectivity index (χ2v) is 7.62. The number of aromatic nitrogens is 3. The lowest BCUT2D eigenvalue weighted by Gasteiger charge is -2.10. The number of Topliss-reactive ketones (excluding diaryl/α,β-unsaturated/α-hetero) is 1. The van der Waals surface area contributed by atoms with Gasteiger partial charge in [0.15, 0.2) is 11.4 Å². The molecule has 3 rings (SSSR count). The molecule has 34 heavy (non-hydrogen) atoms. The first kappa shape index (κ1) is 26.2. The predicted octanol–water partition coefficient (Wildman–Crippen LogP) is 2.73. The summed E-state index contributed by atoms with van der Waals surface area (Å²) in [4.78, 5) is 37.1. The topological polar surface area (TPSA) is 135 Å². The predicted molar refractivity (Wildman–Crippen MR) is 127 cm³/mol. The van der Waals surface area contributed by atoms with Gasteiger partial charge in [0.25, 0.3) is 0 Å². The zero-order chi connectivity index (χ0) is 25.1. The highest BCUT2D eigenvalue weighted by Crippen LogP contribution is 2.28. The third-order valence-corrected chi connectivity index (χ3v) is 4.39. The quantitative estimate of drug-likeness (QED) is 0.340. The molecule has 10 nitrogen and oxygen atoms in total. The maximum Gasteiger partial charge on any atom is 0.328 e. The number of nitrogens with zero attached hydrogens (tertiary/aromatic N) is 4. The molecule has 0 aliphatic carbocycles. The molecule has 0 saturated carbocycles. The van der Waals surface area contributed by atoms with Crippen molar-refractivity contribution in [2.45, 2.75) is 19.9 Å². The van der Waals surface area contributed by atoms with E-state index in [0.29, 0.717) is 18.8 Å². The van der Waals surface area contributed by atoms with Crippen LogP contribution in [0, 0.1) is 0 Å². The summed E-state index contributed by atoms with van der Waals surface area (Å²) in [6, 6.07) is 11.8. The first-order valence-electron chi connectivity index (χ1n) is 10.5. The largest absolute Gasteiger partial charge is 0.494 e. The van der Waals surface area contributed by atoms with Gasteiger partial charge in [-0.1, -0.05) is 0 Å². The first-order chi connectivity index (χ1) is 16.2. The number of carbonyl (C=O) groups excluding carboxylic acids is 1.